The summed E-state index contributed by atoms with van der Waals surface area (Å²) in [5, 5.41) is 1.59. The molecule has 0 bridgehead atoms. The summed E-state index contributed by atoms with van der Waals surface area (Å²) >= 11 is 6.62. The minimum atomic E-state index is -1.28. The Morgan fingerprint density at radius 1 is 0.951 bits per heavy atom. The zero-order chi connectivity index (χ0) is 32.5. The summed E-state index contributed by atoms with van der Waals surface area (Å²) < 4.78 is 6.18. The molecule has 1 aromatic rings. The van der Waals surface area contributed by atoms with E-state index >= 15 is 0 Å². The summed E-state index contributed by atoms with van der Waals surface area (Å²) in [4.78, 5) is 42.0. The molecule has 13 heteroatoms. The van der Waals surface area contributed by atoms with E-state index in [4.69, 9.17) is 4.74 Å². The largest absolute Gasteiger partial charge is 0.533 e. The summed E-state index contributed by atoms with van der Waals surface area (Å²) in [5.41, 5.74) is 4.30. The molecule has 2 rings (SSSR count). The molecule has 0 spiro atoms. The molecule has 0 radical (unpaired) electrons. The van der Waals surface area contributed by atoms with E-state index < -0.39 is 50.3 Å². The average molecular weight is 769 g/mol. The van der Waals surface area contributed by atoms with E-state index in [9.17, 15) is 14.4 Å². The predicted molar refractivity (Wildman–Crippen MR) is 196 cm³/mol. The van der Waals surface area contributed by atoms with Crippen LogP contribution in [0.3, 0.4) is 0 Å². The molecule has 1 aromatic heterocycles. The molecule has 0 N–H and O–H groups in total. The SMILES string of the molecule is C[Si](C)(C)C#Cc1cccnc1.C[Si](C)(C)CCOC(=O)ON1C(=O)CCC1=O.C[Si](C)(C)CI.C[Si](C)(C)CS. The monoisotopic (exact) mass is 768 g/mol. The molecule has 1 saturated heterocycles. The number of halogens is 1. The van der Waals surface area contributed by atoms with Gasteiger partial charge in [-0.3, -0.25) is 19.4 Å². The maximum absolute atomic E-state index is 11.2. The van der Waals surface area contributed by atoms with Crippen LogP contribution in [0.25, 0.3) is 0 Å². The van der Waals surface area contributed by atoms with Crippen LogP contribution in [0, 0.1) is 11.5 Å². The summed E-state index contributed by atoms with van der Waals surface area (Å²) in [7, 11) is -3.92. The van der Waals surface area contributed by atoms with Gasteiger partial charge in [0.1, 0.15) is 8.07 Å². The molecule has 7 nitrogen and oxygen atoms in total. The first-order chi connectivity index (χ1) is 18.5. The summed E-state index contributed by atoms with van der Waals surface area (Å²) in [6.45, 7) is 27.4. The van der Waals surface area contributed by atoms with Gasteiger partial charge in [-0.05, 0) is 27.6 Å². The van der Waals surface area contributed by atoms with Gasteiger partial charge in [-0.2, -0.15) is 12.6 Å². The standard InChI is InChI=1S/C10H17NO5Si.C10H13NSi.C4H11ISi.C4H12SSi/c1-17(2,3)7-6-15-10(14)16-11-8(12)4-5-9(11)13;1-12(2,3)8-6-10-5-4-7-11-9-10;2*1-6(2,3)4-5/h4-7H2,1-3H3;4-5,7,9H,1-3H3;4H2,1-3H3;5H,4H2,1-3H3. The number of ether oxygens (including phenoxy) is 1. The third kappa shape index (κ3) is 28.9. The van der Waals surface area contributed by atoms with Crippen molar-refractivity contribution in [3.8, 4) is 11.5 Å². The molecule has 1 aliphatic heterocycles. The van der Waals surface area contributed by atoms with Gasteiger partial charge in [-0.15, -0.1) is 5.54 Å². The Morgan fingerprint density at radius 3 is 1.78 bits per heavy atom. The Kier molecular flexibility index (Phi) is 20.7. The lowest BCUT2D eigenvalue weighted by Crippen LogP contribution is -2.33. The average Bonchev–Trinajstić information content (AvgIpc) is 3.14. The van der Waals surface area contributed by atoms with Gasteiger partial charge in [0, 0.05) is 38.9 Å². The molecule has 2 amide bonds. The predicted octanol–water partition coefficient (Wildman–Crippen LogP) is 7.94. The maximum Gasteiger partial charge on any atom is 0.533 e. The van der Waals surface area contributed by atoms with Crippen molar-refractivity contribution in [2.24, 2.45) is 0 Å². The fourth-order valence-corrected chi connectivity index (χ4v) is 3.13. The molecular formula is C28H53IN2O5SSi4. The number of thiol groups is 1. The third-order valence-electron chi connectivity index (χ3n) is 4.36. The summed E-state index contributed by atoms with van der Waals surface area (Å²) in [6, 6.07) is 4.71. The second kappa shape index (κ2) is 20.1. The molecule has 234 valence electrons. The molecule has 2 heterocycles. The van der Waals surface area contributed by atoms with Crippen LogP contribution < -0.4 is 0 Å². The highest BCUT2D eigenvalue weighted by Gasteiger charge is 2.33. The van der Waals surface area contributed by atoms with E-state index in [1.165, 1.54) is 4.05 Å². The van der Waals surface area contributed by atoms with Crippen molar-refractivity contribution >= 4 is 85.5 Å². The Bertz CT molecular complexity index is 964. The fraction of sp³-hybridized carbons (Fsp3) is 0.643. The maximum atomic E-state index is 11.2. The van der Waals surface area contributed by atoms with E-state index in [2.05, 4.69) is 135 Å². The zero-order valence-corrected chi connectivity index (χ0v) is 34.4. The quantitative estimate of drug-likeness (QED) is 0.0602. The molecular weight excluding hydrogens is 716 g/mol. The first kappa shape index (κ1) is 42.2. The van der Waals surface area contributed by atoms with E-state index in [0.29, 0.717) is 5.06 Å². The Labute approximate surface area is 272 Å². The number of amides is 2. The van der Waals surface area contributed by atoms with Gasteiger partial charge >= 0.3 is 6.16 Å². The number of carbonyl (C=O) groups excluding carboxylic acids is 3. The van der Waals surface area contributed by atoms with Crippen LogP contribution in [0.2, 0.25) is 84.6 Å². The van der Waals surface area contributed by atoms with Crippen LogP contribution in [0.4, 0.5) is 4.79 Å². The highest BCUT2D eigenvalue weighted by atomic mass is 127. The highest BCUT2D eigenvalue weighted by molar-refractivity contribution is 14.1. The number of imide groups is 1. The fourth-order valence-electron chi connectivity index (χ4n) is 1.90. The Hall–Kier alpha value is -0.932. The van der Waals surface area contributed by atoms with Gasteiger partial charge in [0.25, 0.3) is 11.8 Å². The molecule has 1 aliphatic rings. The lowest BCUT2D eigenvalue weighted by molar-refractivity contribution is -0.176. The van der Waals surface area contributed by atoms with Gasteiger partial charge in [0.2, 0.25) is 0 Å². The Morgan fingerprint density at radius 2 is 1.44 bits per heavy atom. The number of pyridine rings is 1. The first-order valence-electron chi connectivity index (χ1n) is 13.8. The van der Waals surface area contributed by atoms with Crippen LogP contribution >= 0.6 is 35.2 Å². The second-order valence-electron chi connectivity index (χ2n) is 14.2. The smallest absolute Gasteiger partial charge is 0.433 e. The van der Waals surface area contributed by atoms with Gasteiger partial charge < -0.3 is 4.74 Å². The number of hydrogen-bond donors (Lipinski definition) is 1. The molecule has 1 fully saturated rings. The van der Waals surface area contributed by atoms with Crippen molar-refractivity contribution in [2.75, 3.05) is 16.0 Å². The van der Waals surface area contributed by atoms with Gasteiger partial charge in [0.15, 0.2) is 0 Å². The van der Waals surface area contributed by atoms with Crippen molar-refractivity contribution in [1.82, 2.24) is 10.0 Å². The molecule has 0 aromatic carbocycles. The number of hydrogen-bond acceptors (Lipinski definition) is 7. The van der Waals surface area contributed by atoms with Crippen LogP contribution in [0.5, 0.6) is 0 Å². The van der Waals surface area contributed by atoms with Crippen LogP contribution in [-0.4, -0.2) is 76.3 Å². The molecule has 0 unspecified atom stereocenters. The number of aromatic nitrogens is 1. The normalized spacial score (nSPS) is 13.3. The van der Waals surface area contributed by atoms with E-state index in [1.54, 1.807) is 12.4 Å². The highest BCUT2D eigenvalue weighted by Crippen LogP contribution is 2.13. The number of rotatable bonds is 6. The number of alkyl halides is 1. The van der Waals surface area contributed by atoms with Gasteiger partial charge in [-0.25, -0.2) is 4.79 Å². The molecule has 0 saturated carbocycles. The van der Waals surface area contributed by atoms with E-state index in [-0.39, 0.29) is 19.4 Å². The summed E-state index contributed by atoms with van der Waals surface area (Å²) in [6.07, 6.45) is 2.74. The van der Waals surface area contributed by atoms with Crippen LogP contribution in [-0.2, 0) is 19.2 Å². The third-order valence-corrected chi connectivity index (χ3v) is 18.4. The van der Waals surface area contributed by atoms with Gasteiger partial charge in [-0.1, -0.05) is 112 Å². The van der Waals surface area contributed by atoms with E-state index in [0.717, 1.165) is 17.0 Å². The van der Waals surface area contributed by atoms with Crippen LogP contribution in [0.15, 0.2) is 24.5 Å². The molecule has 0 aliphatic carbocycles. The Balaban J connectivity index is 0. The number of nitrogens with zero attached hydrogens (tertiary/aromatic N) is 2. The zero-order valence-electron chi connectivity index (χ0n) is 27.3. The first-order valence-corrected chi connectivity index (χ1v) is 30.6. The van der Waals surface area contributed by atoms with Crippen molar-refractivity contribution < 1.29 is 24.0 Å². The van der Waals surface area contributed by atoms with E-state index in [1.807, 2.05) is 12.1 Å². The second-order valence-corrected chi connectivity index (χ2v) is 38.7. The summed E-state index contributed by atoms with van der Waals surface area (Å²) in [5.74, 6) is 2.13. The van der Waals surface area contributed by atoms with Crippen molar-refractivity contribution in [1.29, 1.82) is 0 Å². The van der Waals surface area contributed by atoms with Gasteiger partial charge in [0.05, 0.1) is 22.8 Å². The minimum absolute atomic E-state index is 0.0843. The van der Waals surface area contributed by atoms with Crippen molar-refractivity contribution in [3.05, 3.63) is 30.1 Å². The molecule has 41 heavy (non-hydrogen) atoms. The lowest BCUT2D eigenvalue weighted by atomic mass is 10.3. The lowest BCUT2D eigenvalue weighted by Gasteiger charge is -2.16. The van der Waals surface area contributed by atoms with Crippen molar-refractivity contribution in [3.63, 3.8) is 0 Å². The number of hydroxylamine groups is 2. The van der Waals surface area contributed by atoms with Crippen molar-refractivity contribution in [2.45, 2.75) is 97.4 Å². The topological polar surface area (TPSA) is 85.8 Å². The molecule has 0 atom stereocenters. The van der Waals surface area contributed by atoms with Crippen LogP contribution in [0.1, 0.15) is 18.4 Å². The minimum Gasteiger partial charge on any atom is -0.433 e. The number of carbonyl (C=O) groups is 3.